The lowest BCUT2D eigenvalue weighted by molar-refractivity contribution is 0.0950. The Morgan fingerprint density at radius 3 is 2.78 bits per heavy atom. The number of hydrogen-bond acceptors (Lipinski definition) is 3. The first-order chi connectivity index (χ1) is 11.1. The number of aromatic nitrogens is 2. The number of carbonyl (C=O) groups is 2. The number of hydrogen-bond donors (Lipinski definition) is 1. The van der Waals surface area contributed by atoms with E-state index in [1.54, 1.807) is 6.20 Å². The minimum absolute atomic E-state index is 0.0143. The van der Waals surface area contributed by atoms with Crippen LogP contribution in [0.2, 0.25) is 0 Å². The van der Waals surface area contributed by atoms with Gasteiger partial charge in [-0.1, -0.05) is 18.2 Å². The Balaban J connectivity index is 1.95. The molecule has 4 rings (SSSR count). The highest BCUT2D eigenvalue weighted by atomic mass is 16.1. The molecule has 5 nitrogen and oxygen atoms in total. The number of fused-ring (bicyclic) bond motifs is 2. The van der Waals surface area contributed by atoms with E-state index < -0.39 is 5.91 Å². The third kappa shape index (κ3) is 2.12. The molecule has 3 aromatic rings. The minimum Gasteiger partial charge on any atom is -0.366 e. The third-order valence-corrected chi connectivity index (χ3v) is 4.30. The lowest BCUT2D eigenvalue weighted by atomic mass is 9.93. The molecule has 0 aliphatic heterocycles. The molecule has 0 saturated carbocycles. The van der Waals surface area contributed by atoms with Gasteiger partial charge >= 0.3 is 0 Å². The molecule has 2 heterocycles. The van der Waals surface area contributed by atoms with Gasteiger partial charge in [-0.25, -0.2) is 4.98 Å². The predicted octanol–water partition coefficient (Wildman–Crippen LogP) is 2.64. The Bertz CT molecular complexity index is 956. The van der Waals surface area contributed by atoms with E-state index >= 15 is 0 Å². The van der Waals surface area contributed by atoms with Crippen LogP contribution in [-0.4, -0.2) is 21.2 Å². The van der Waals surface area contributed by atoms with Crippen LogP contribution in [0.3, 0.4) is 0 Å². The van der Waals surface area contributed by atoms with Crippen molar-refractivity contribution in [1.29, 1.82) is 0 Å². The van der Waals surface area contributed by atoms with Crippen molar-refractivity contribution in [2.24, 2.45) is 5.73 Å². The molecule has 2 N–H and O–H groups in total. The van der Waals surface area contributed by atoms with Gasteiger partial charge in [0.2, 0.25) is 0 Å². The fourth-order valence-corrected chi connectivity index (χ4v) is 3.23. The van der Waals surface area contributed by atoms with Crippen LogP contribution in [-0.2, 0) is 6.42 Å². The first-order valence-electron chi connectivity index (χ1n) is 7.58. The number of amides is 1. The van der Waals surface area contributed by atoms with Crippen LogP contribution >= 0.6 is 0 Å². The summed E-state index contributed by atoms with van der Waals surface area (Å²) >= 11 is 0. The molecule has 5 heteroatoms. The van der Waals surface area contributed by atoms with Crippen molar-refractivity contribution in [2.75, 3.05) is 0 Å². The summed E-state index contributed by atoms with van der Waals surface area (Å²) in [5, 5.41) is 1.04. The second kappa shape index (κ2) is 5.05. The quantitative estimate of drug-likeness (QED) is 0.790. The molecule has 0 saturated heterocycles. The average Bonchev–Trinajstić information content (AvgIpc) is 2.96. The van der Waals surface area contributed by atoms with E-state index in [-0.39, 0.29) is 5.78 Å². The number of benzene rings is 1. The van der Waals surface area contributed by atoms with Crippen molar-refractivity contribution in [3.8, 4) is 5.82 Å². The van der Waals surface area contributed by atoms with Crippen molar-refractivity contribution >= 4 is 22.6 Å². The van der Waals surface area contributed by atoms with Gasteiger partial charge < -0.3 is 10.3 Å². The van der Waals surface area contributed by atoms with Gasteiger partial charge in [0.1, 0.15) is 5.82 Å². The number of rotatable bonds is 2. The Kier molecular flexibility index (Phi) is 3.01. The zero-order chi connectivity index (χ0) is 16.0. The first kappa shape index (κ1) is 13.7. The molecule has 0 atom stereocenters. The van der Waals surface area contributed by atoms with E-state index in [2.05, 4.69) is 4.98 Å². The number of nitrogens with zero attached hydrogens (tertiary/aromatic N) is 2. The van der Waals surface area contributed by atoms with Gasteiger partial charge in [0, 0.05) is 23.7 Å². The highest BCUT2D eigenvalue weighted by molar-refractivity contribution is 6.09. The number of pyridine rings is 1. The van der Waals surface area contributed by atoms with Crippen molar-refractivity contribution < 1.29 is 9.59 Å². The summed E-state index contributed by atoms with van der Waals surface area (Å²) in [6, 6.07) is 11.7. The van der Waals surface area contributed by atoms with Gasteiger partial charge in [-0.2, -0.15) is 0 Å². The summed E-state index contributed by atoms with van der Waals surface area (Å²) in [6.45, 7) is 0. The largest absolute Gasteiger partial charge is 0.366 e. The number of carbonyl (C=O) groups excluding carboxylic acids is 2. The minimum atomic E-state index is -0.573. The van der Waals surface area contributed by atoms with E-state index in [4.69, 9.17) is 5.73 Å². The van der Waals surface area contributed by atoms with Crippen LogP contribution in [0.15, 0.2) is 42.6 Å². The molecule has 1 aromatic carbocycles. The molecule has 2 aromatic heterocycles. The number of nitrogens with two attached hydrogens (primary N) is 1. The average molecular weight is 305 g/mol. The molecule has 0 bridgehead atoms. The third-order valence-electron chi connectivity index (χ3n) is 4.30. The summed E-state index contributed by atoms with van der Waals surface area (Å²) in [5.74, 6) is 0.109. The number of para-hydroxylation sites is 1. The molecule has 1 aliphatic carbocycles. The van der Waals surface area contributed by atoms with Crippen LogP contribution in [0.1, 0.15) is 39.3 Å². The van der Waals surface area contributed by atoms with Crippen LogP contribution in [0, 0.1) is 0 Å². The Hall–Kier alpha value is -2.95. The Labute approximate surface area is 132 Å². The van der Waals surface area contributed by atoms with Gasteiger partial charge in [-0.05, 0) is 31.0 Å². The normalized spacial score (nSPS) is 14.0. The fraction of sp³-hybridized carbons (Fsp3) is 0.167. The van der Waals surface area contributed by atoms with Crippen molar-refractivity contribution in [2.45, 2.75) is 19.3 Å². The van der Waals surface area contributed by atoms with Gasteiger partial charge in [0.25, 0.3) is 5.91 Å². The SMILES string of the molecule is NC(=O)c1cn(-c2ccc3ccccc3n2)c2c1C(=O)CCC2. The van der Waals surface area contributed by atoms with Gasteiger partial charge in [-0.15, -0.1) is 0 Å². The van der Waals surface area contributed by atoms with E-state index in [1.807, 2.05) is 41.0 Å². The highest BCUT2D eigenvalue weighted by Gasteiger charge is 2.28. The summed E-state index contributed by atoms with van der Waals surface area (Å²) < 4.78 is 1.83. The van der Waals surface area contributed by atoms with Crippen molar-refractivity contribution in [3.05, 3.63) is 59.4 Å². The molecule has 1 amide bonds. The summed E-state index contributed by atoms with van der Waals surface area (Å²) in [6.07, 6.45) is 3.63. The molecular weight excluding hydrogens is 290 g/mol. The van der Waals surface area contributed by atoms with E-state index in [1.165, 1.54) is 0 Å². The monoisotopic (exact) mass is 305 g/mol. The van der Waals surface area contributed by atoms with Gasteiger partial charge in [0.15, 0.2) is 5.78 Å². The standard InChI is InChI=1S/C18H15N3O2/c19-18(23)12-10-21(14-6-3-7-15(22)17(12)14)16-9-8-11-4-1-2-5-13(11)20-16/h1-2,4-5,8-10H,3,6-7H2,(H2,19,23). The summed E-state index contributed by atoms with van der Waals surface area (Å²) in [5.41, 5.74) is 7.92. The maximum atomic E-state index is 12.2. The molecule has 114 valence electrons. The molecular formula is C18H15N3O2. The molecule has 23 heavy (non-hydrogen) atoms. The topological polar surface area (TPSA) is 78.0 Å². The second-order valence-corrected chi connectivity index (χ2v) is 5.74. The van der Waals surface area contributed by atoms with E-state index in [9.17, 15) is 9.59 Å². The fourth-order valence-electron chi connectivity index (χ4n) is 3.23. The Morgan fingerprint density at radius 1 is 1.13 bits per heavy atom. The van der Waals surface area contributed by atoms with Crippen molar-refractivity contribution in [1.82, 2.24) is 9.55 Å². The molecule has 0 fully saturated rings. The zero-order valence-electron chi connectivity index (χ0n) is 12.5. The maximum Gasteiger partial charge on any atom is 0.251 e. The molecule has 1 aliphatic rings. The number of ketones is 1. The number of Topliss-reactive ketones (excluding diaryl/α,β-unsaturated/α-hetero) is 1. The lowest BCUT2D eigenvalue weighted by Crippen LogP contribution is -2.18. The van der Waals surface area contributed by atoms with Crippen LogP contribution in [0.5, 0.6) is 0 Å². The van der Waals surface area contributed by atoms with Crippen LogP contribution in [0.4, 0.5) is 0 Å². The molecule has 0 unspecified atom stereocenters. The Morgan fingerprint density at radius 2 is 1.96 bits per heavy atom. The maximum absolute atomic E-state index is 12.2. The predicted molar refractivity (Wildman–Crippen MR) is 86.9 cm³/mol. The first-order valence-corrected chi connectivity index (χ1v) is 7.58. The van der Waals surface area contributed by atoms with Crippen LogP contribution in [0.25, 0.3) is 16.7 Å². The molecule has 0 radical (unpaired) electrons. The van der Waals surface area contributed by atoms with Gasteiger partial charge in [0.05, 0.1) is 16.6 Å². The van der Waals surface area contributed by atoms with Crippen LogP contribution < -0.4 is 5.73 Å². The number of primary amides is 1. The second-order valence-electron chi connectivity index (χ2n) is 5.74. The van der Waals surface area contributed by atoms with Gasteiger partial charge in [-0.3, -0.25) is 9.59 Å². The van der Waals surface area contributed by atoms with E-state index in [0.29, 0.717) is 23.4 Å². The van der Waals surface area contributed by atoms with Crippen molar-refractivity contribution in [3.63, 3.8) is 0 Å². The zero-order valence-corrected chi connectivity index (χ0v) is 12.5. The lowest BCUT2D eigenvalue weighted by Gasteiger charge is -2.15. The summed E-state index contributed by atoms with van der Waals surface area (Å²) in [7, 11) is 0. The highest BCUT2D eigenvalue weighted by Crippen LogP contribution is 2.29. The smallest absolute Gasteiger partial charge is 0.251 e. The van der Waals surface area contributed by atoms with E-state index in [0.717, 1.165) is 29.4 Å². The summed E-state index contributed by atoms with van der Waals surface area (Å²) in [4.78, 5) is 28.6. The molecule has 0 spiro atoms.